The van der Waals surface area contributed by atoms with E-state index in [1.807, 2.05) is 24.3 Å². The second-order valence-electron chi connectivity index (χ2n) is 7.89. The Bertz CT molecular complexity index is 839. The molecule has 1 saturated heterocycles. The van der Waals surface area contributed by atoms with Gasteiger partial charge in [0.2, 0.25) is 5.91 Å². The number of rotatable bonds is 8. The van der Waals surface area contributed by atoms with Gasteiger partial charge in [-0.15, -0.1) is 0 Å². The van der Waals surface area contributed by atoms with Crippen molar-refractivity contribution in [2.24, 2.45) is 0 Å². The molecule has 7 nitrogen and oxygen atoms in total. The normalized spacial score (nSPS) is 15.6. The average molecular weight is 411 g/mol. The van der Waals surface area contributed by atoms with Gasteiger partial charge in [-0.25, -0.2) is 0 Å². The van der Waals surface area contributed by atoms with Gasteiger partial charge in [-0.05, 0) is 35.6 Å². The standard InChI is InChI=1S/C22H30BN3O4/c1-16-3-2-4-19(22(16)28)14-20(23(29)30)25-21(27)13-17-5-7-18(8-6-17)15-26-11-9-24-10-12-26/h2-8,20,24,28-30H,9-15H2,1H3,(H,25,27)/t20-/m0/s1. The van der Waals surface area contributed by atoms with Crippen LogP contribution in [0.25, 0.3) is 0 Å². The number of amides is 1. The summed E-state index contributed by atoms with van der Waals surface area (Å²) in [7, 11) is -1.73. The predicted molar refractivity (Wildman–Crippen MR) is 117 cm³/mol. The Labute approximate surface area is 177 Å². The highest BCUT2D eigenvalue weighted by molar-refractivity contribution is 6.43. The highest BCUT2D eigenvalue weighted by Crippen LogP contribution is 2.23. The molecule has 0 unspecified atom stereocenters. The van der Waals surface area contributed by atoms with Crippen molar-refractivity contribution in [1.82, 2.24) is 15.5 Å². The van der Waals surface area contributed by atoms with Crippen LogP contribution in [0.1, 0.15) is 22.3 Å². The van der Waals surface area contributed by atoms with Gasteiger partial charge in [0.1, 0.15) is 5.75 Å². The maximum Gasteiger partial charge on any atom is 0.475 e. The Balaban J connectivity index is 1.55. The zero-order valence-corrected chi connectivity index (χ0v) is 17.3. The van der Waals surface area contributed by atoms with Crippen molar-refractivity contribution in [1.29, 1.82) is 0 Å². The second-order valence-corrected chi connectivity index (χ2v) is 7.89. The Morgan fingerprint density at radius 3 is 2.47 bits per heavy atom. The Kier molecular flexibility index (Phi) is 7.87. The maximum atomic E-state index is 12.5. The molecular weight excluding hydrogens is 381 g/mol. The fraction of sp³-hybridized carbons (Fsp3) is 0.409. The van der Waals surface area contributed by atoms with Crippen LogP contribution in [0.3, 0.4) is 0 Å². The summed E-state index contributed by atoms with van der Waals surface area (Å²) in [4.78, 5) is 14.9. The fourth-order valence-electron chi connectivity index (χ4n) is 3.69. The van der Waals surface area contributed by atoms with E-state index in [1.165, 1.54) is 5.56 Å². The van der Waals surface area contributed by atoms with E-state index in [1.54, 1.807) is 25.1 Å². The molecule has 1 fully saturated rings. The first kappa shape index (κ1) is 22.3. The molecule has 2 aromatic carbocycles. The van der Waals surface area contributed by atoms with Crippen LogP contribution in [-0.4, -0.2) is 65.2 Å². The number of benzene rings is 2. The number of hydrogen-bond donors (Lipinski definition) is 5. The molecule has 1 aliphatic heterocycles. The maximum absolute atomic E-state index is 12.5. The largest absolute Gasteiger partial charge is 0.507 e. The minimum atomic E-state index is -1.73. The first-order chi connectivity index (χ1) is 14.4. The molecular formula is C22H30BN3O4. The lowest BCUT2D eigenvalue weighted by atomic mass is 9.75. The van der Waals surface area contributed by atoms with Crippen molar-refractivity contribution in [3.8, 4) is 5.75 Å². The summed E-state index contributed by atoms with van der Waals surface area (Å²) in [5.41, 5.74) is 3.33. The molecule has 0 bridgehead atoms. The number of nitrogens with one attached hydrogen (secondary N) is 2. The van der Waals surface area contributed by atoms with Gasteiger partial charge in [-0.2, -0.15) is 0 Å². The monoisotopic (exact) mass is 411 g/mol. The van der Waals surface area contributed by atoms with E-state index in [-0.39, 0.29) is 24.5 Å². The van der Waals surface area contributed by atoms with Gasteiger partial charge in [-0.3, -0.25) is 9.69 Å². The highest BCUT2D eigenvalue weighted by atomic mass is 16.4. The van der Waals surface area contributed by atoms with Gasteiger partial charge in [0.25, 0.3) is 0 Å². The third kappa shape index (κ3) is 6.30. The Morgan fingerprint density at radius 1 is 1.13 bits per heavy atom. The molecule has 0 spiro atoms. The van der Waals surface area contributed by atoms with Gasteiger partial charge in [0.15, 0.2) is 0 Å². The molecule has 1 heterocycles. The minimum Gasteiger partial charge on any atom is -0.507 e. The number of phenolic OH excluding ortho intramolecular Hbond substituents is 1. The van der Waals surface area contributed by atoms with Crippen molar-refractivity contribution in [3.63, 3.8) is 0 Å². The van der Waals surface area contributed by atoms with Crippen LogP contribution < -0.4 is 10.6 Å². The van der Waals surface area contributed by atoms with Crippen LogP contribution in [0.15, 0.2) is 42.5 Å². The molecule has 30 heavy (non-hydrogen) atoms. The quantitative estimate of drug-likeness (QED) is 0.403. The molecule has 0 radical (unpaired) electrons. The molecule has 160 valence electrons. The Hall–Kier alpha value is -2.39. The number of para-hydroxylation sites is 1. The van der Waals surface area contributed by atoms with Crippen LogP contribution in [-0.2, 0) is 24.2 Å². The molecule has 5 N–H and O–H groups in total. The molecule has 3 rings (SSSR count). The van der Waals surface area contributed by atoms with Crippen molar-refractivity contribution in [2.45, 2.75) is 32.3 Å². The number of carbonyl (C=O) groups is 1. The first-order valence-electron chi connectivity index (χ1n) is 10.4. The summed E-state index contributed by atoms with van der Waals surface area (Å²) in [6.07, 6.45) is 0.275. The van der Waals surface area contributed by atoms with Crippen LogP contribution in [0.5, 0.6) is 5.75 Å². The van der Waals surface area contributed by atoms with Crippen LogP contribution in [0, 0.1) is 6.92 Å². The molecule has 0 saturated carbocycles. The molecule has 0 aliphatic carbocycles. The van der Waals surface area contributed by atoms with E-state index in [4.69, 9.17) is 0 Å². The van der Waals surface area contributed by atoms with Crippen molar-refractivity contribution < 1.29 is 19.9 Å². The number of nitrogens with zero attached hydrogens (tertiary/aromatic N) is 1. The van der Waals surface area contributed by atoms with E-state index in [0.717, 1.165) is 38.3 Å². The highest BCUT2D eigenvalue weighted by Gasteiger charge is 2.26. The lowest BCUT2D eigenvalue weighted by molar-refractivity contribution is -0.120. The minimum absolute atomic E-state index is 0.109. The molecule has 1 atom stereocenters. The SMILES string of the molecule is Cc1cccc(C[C@H](NC(=O)Cc2ccc(CN3CCNCC3)cc2)B(O)O)c1O. The smallest absolute Gasteiger partial charge is 0.475 e. The molecule has 2 aromatic rings. The zero-order valence-electron chi connectivity index (χ0n) is 17.3. The van der Waals surface area contributed by atoms with Crippen molar-refractivity contribution >= 4 is 13.0 Å². The third-order valence-electron chi connectivity index (χ3n) is 5.47. The van der Waals surface area contributed by atoms with Crippen LogP contribution >= 0.6 is 0 Å². The lowest BCUT2D eigenvalue weighted by Crippen LogP contribution is -2.48. The van der Waals surface area contributed by atoms with E-state index >= 15 is 0 Å². The second kappa shape index (κ2) is 10.6. The van der Waals surface area contributed by atoms with Gasteiger partial charge in [0.05, 0.1) is 12.4 Å². The molecule has 1 amide bonds. The van der Waals surface area contributed by atoms with Crippen LogP contribution in [0.4, 0.5) is 0 Å². The third-order valence-corrected chi connectivity index (χ3v) is 5.47. The van der Waals surface area contributed by atoms with Gasteiger partial charge >= 0.3 is 7.12 Å². The van der Waals surface area contributed by atoms with Crippen LogP contribution in [0.2, 0.25) is 0 Å². The average Bonchev–Trinajstić information content (AvgIpc) is 2.73. The number of carbonyl (C=O) groups excluding carboxylic acids is 1. The van der Waals surface area contributed by atoms with E-state index < -0.39 is 13.1 Å². The van der Waals surface area contributed by atoms with E-state index in [0.29, 0.717) is 11.1 Å². The number of piperazine rings is 1. The number of phenols is 1. The number of aryl methyl sites for hydroxylation is 1. The van der Waals surface area contributed by atoms with Gasteiger partial charge in [-0.1, -0.05) is 42.5 Å². The fourth-order valence-corrected chi connectivity index (χ4v) is 3.69. The molecule has 1 aliphatic rings. The van der Waals surface area contributed by atoms with Gasteiger partial charge in [0, 0.05) is 32.7 Å². The predicted octanol–water partition coefficient (Wildman–Crippen LogP) is 0.388. The Morgan fingerprint density at radius 2 is 1.80 bits per heavy atom. The summed E-state index contributed by atoms with van der Waals surface area (Å²) >= 11 is 0. The summed E-state index contributed by atoms with van der Waals surface area (Å²) < 4.78 is 0. The molecule has 0 aromatic heterocycles. The van der Waals surface area contributed by atoms with Crippen molar-refractivity contribution in [3.05, 3.63) is 64.7 Å². The summed E-state index contributed by atoms with van der Waals surface area (Å²) in [6, 6.07) is 13.2. The van der Waals surface area contributed by atoms with Gasteiger partial charge < -0.3 is 25.8 Å². The van der Waals surface area contributed by atoms with E-state index in [2.05, 4.69) is 15.5 Å². The topological polar surface area (TPSA) is 105 Å². The number of aromatic hydroxyl groups is 1. The summed E-state index contributed by atoms with van der Waals surface area (Å²) in [5.74, 6) is -1.09. The lowest BCUT2D eigenvalue weighted by Gasteiger charge is -2.27. The van der Waals surface area contributed by atoms with Crippen molar-refractivity contribution in [2.75, 3.05) is 26.2 Å². The summed E-state index contributed by atoms with van der Waals surface area (Å²) in [6.45, 7) is 6.75. The molecule has 8 heteroatoms. The number of hydrogen-bond acceptors (Lipinski definition) is 6. The first-order valence-corrected chi connectivity index (χ1v) is 10.4. The summed E-state index contributed by atoms with van der Waals surface area (Å²) in [5, 5.41) is 35.6. The van der Waals surface area contributed by atoms with E-state index in [9.17, 15) is 19.9 Å². The zero-order chi connectivity index (χ0) is 21.5.